The number of rotatable bonds is 7. The molecule has 1 aliphatic rings. The van der Waals surface area contributed by atoms with Crippen LogP contribution in [0.5, 0.6) is 0 Å². The van der Waals surface area contributed by atoms with E-state index in [1.54, 1.807) is 11.3 Å². The highest BCUT2D eigenvalue weighted by atomic mass is 32.2. The average molecular weight is 440 g/mol. The minimum Gasteiger partial charge on any atom is -0.347 e. The number of halogens is 1. The molecule has 2 aromatic rings. The van der Waals surface area contributed by atoms with Crippen LogP contribution in [0.3, 0.4) is 0 Å². The fourth-order valence-electron chi connectivity index (χ4n) is 3.38. The molecule has 1 atom stereocenters. The number of hydrogen-bond donors (Lipinski definition) is 1. The third-order valence-corrected chi connectivity index (χ3v) is 7.87. The Bertz CT molecular complexity index is 924. The minimum atomic E-state index is -3.87. The number of carbonyl (C=O) groups excluding carboxylic acids is 1. The Morgan fingerprint density at radius 1 is 1.14 bits per heavy atom. The first-order valence-electron chi connectivity index (χ1n) is 9.59. The van der Waals surface area contributed by atoms with Gasteiger partial charge in [-0.05, 0) is 29.5 Å². The number of amides is 1. The van der Waals surface area contributed by atoms with Crippen molar-refractivity contribution in [3.63, 3.8) is 0 Å². The normalized spacial score (nSPS) is 17.4. The van der Waals surface area contributed by atoms with Crippen molar-refractivity contribution in [2.24, 2.45) is 5.92 Å². The maximum atomic E-state index is 13.9. The Morgan fingerprint density at radius 3 is 2.41 bits per heavy atom. The number of piperazine rings is 1. The number of sulfonamides is 1. The monoisotopic (exact) mass is 439 g/mol. The molecule has 0 unspecified atom stereocenters. The third-order valence-electron chi connectivity index (χ3n) is 4.99. The Kier molecular flexibility index (Phi) is 7.05. The van der Waals surface area contributed by atoms with Crippen molar-refractivity contribution in [2.45, 2.75) is 24.8 Å². The Morgan fingerprint density at radius 2 is 1.83 bits per heavy atom. The van der Waals surface area contributed by atoms with Crippen molar-refractivity contribution in [1.29, 1.82) is 0 Å². The van der Waals surface area contributed by atoms with Gasteiger partial charge in [-0.25, -0.2) is 12.8 Å². The van der Waals surface area contributed by atoms with Crippen LogP contribution >= 0.6 is 11.3 Å². The molecule has 1 amide bonds. The van der Waals surface area contributed by atoms with E-state index in [-0.39, 0.29) is 42.4 Å². The number of carbonyl (C=O) groups is 1. The molecule has 29 heavy (non-hydrogen) atoms. The van der Waals surface area contributed by atoms with Gasteiger partial charge in [0.05, 0.1) is 12.6 Å². The molecule has 0 bridgehead atoms. The molecule has 1 aromatic heterocycles. The average Bonchev–Trinajstić information content (AvgIpc) is 3.21. The summed E-state index contributed by atoms with van der Waals surface area (Å²) in [5.41, 5.74) is 0. The summed E-state index contributed by atoms with van der Waals surface area (Å²) in [6, 6.07) is 9.34. The molecular weight excluding hydrogens is 413 g/mol. The quantitative estimate of drug-likeness (QED) is 0.720. The number of nitrogens with zero attached hydrogens (tertiary/aromatic N) is 2. The van der Waals surface area contributed by atoms with E-state index in [9.17, 15) is 17.6 Å². The highest BCUT2D eigenvalue weighted by Crippen LogP contribution is 2.26. The van der Waals surface area contributed by atoms with Crippen LogP contribution in [0.1, 0.15) is 24.8 Å². The summed E-state index contributed by atoms with van der Waals surface area (Å²) in [7, 11) is -3.87. The van der Waals surface area contributed by atoms with E-state index in [0.717, 1.165) is 10.9 Å². The Labute approximate surface area is 175 Å². The summed E-state index contributed by atoms with van der Waals surface area (Å²) in [5.74, 6) is -0.564. The van der Waals surface area contributed by atoms with Gasteiger partial charge < -0.3 is 5.32 Å². The number of benzene rings is 1. The lowest BCUT2D eigenvalue weighted by atomic mass is 10.0. The molecule has 0 aliphatic carbocycles. The maximum Gasteiger partial charge on any atom is 0.246 e. The third kappa shape index (κ3) is 5.22. The molecule has 2 heterocycles. The first kappa shape index (κ1) is 21.9. The summed E-state index contributed by atoms with van der Waals surface area (Å²) < 4.78 is 40.6. The number of nitrogens with one attached hydrogen (secondary N) is 1. The lowest BCUT2D eigenvalue weighted by molar-refractivity contribution is -0.123. The second-order valence-electron chi connectivity index (χ2n) is 7.42. The van der Waals surface area contributed by atoms with E-state index in [0.29, 0.717) is 13.1 Å². The fourth-order valence-corrected chi connectivity index (χ4v) is 5.81. The van der Waals surface area contributed by atoms with Gasteiger partial charge in [0.1, 0.15) is 10.7 Å². The molecule has 1 fully saturated rings. The molecule has 0 saturated carbocycles. The van der Waals surface area contributed by atoms with E-state index >= 15 is 0 Å². The number of hydrogen-bond acceptors (Lipinski definition) is 5. The van der Waals surface area contributed by atoms with Gasteiger partial charge in [0, 0.05) is 31.1 Å². The van der Waals surface area contributed by atoms with Crippen molar-refractivity contribution in [3.8, 4) is 0 Å². The molecule has 1 saturated heterocycles. The van der Waals surface area contributed by atoms with Crippen molar-refractivity contribution in [3.05, 3.63) is 52.5 Å². The molecule has 1 N–H and O–H groups in total. The van der Waals surface area contributed by atoms with Crippen LogP contribution in [0.15, 0.2) is 46.7 Å². The van der Waals surface area contributed by atoms with Crippen molar-refractivity contribution in [1.82, 2.24) is 14.5 Å². The van der Waals surface area contributed by atoms with Gasteiger partial charge in [0.25, 0.3) is 0 Å². The largest absolute Gasteiger partial charge is 0.347 e. The SMILES string of the molecule is CC(C)[C@H](NC(=O)CN1CCN(S(=O)(=O)c2ccccc2F)CC1)c1cccs1. The zero-order chi connectivity index (χ0) is 21.0. The van der Waals surface area contributed by atoms with E-state index in [1.807, 2.05) is 22.4 Å². The van der Waals surface area contributed by atoms with Gasteiger partial charge in [0.15, 0.2) is 0 Å². The molecule has 1 aromatic carbocycles. The standard InChI is InChI=1S/C20H26FN3O3S2/c1-15(2)20(17-7-5-13-28-17)22-19(25)14-23-9-11-24(12-10-23)29(26,27)18-8-4-3-6-16(18)21/h3-8,13,15,20H,9-12,14H2,1-2H3,(H,22,25)/t20-/m0/s1. The summed E-state index contributed by atoms with van der Waals surface area (Å²) in [5, 5.41) is 5.08. The smallest absolute Gasteiger partial charge is 0.246 e. The van der Waals surface area contributed by atoms with Crippen LogP contribution in [0, 0.1) is 11.7 Å². The summed E-state index contributed by atoms with van der Waals surface area (Å²) >= 11 is 1.62. The molecule has 3 rings (SSSR count). The number of thiophene rings is 1. The fraction of sp³-hybridized carbons (Fsp3) is 0.450. The summed E-state index contributed by atoms with van der Waals surface area (Å²) in [6.07, 6.45) is 0. The van der Waals surface area contributed by atoms with Crippen LogP contribution in [0.4, 0.5) is 4.39 Å². The molecule has 0 spiro atoms. The topological polar surface area (TPSA) is 69.7 Å². The predicted octanol–water partition coefficient (Wildman–Crippen LogP) is 2.71. The Hall–Kier alpha value is -1.81. The summed E-state index contributed by atoms with van der Waals surface area (Å²) in [4.78, 5) is 15.3. The van der Waals surface area contributed by atoms with Crippen molar-refractivity contribution >= 4 is 27.3 Å². The first-order valence-corrected chi connectivity index (χ1v) is 11.9. The molecule has 158 valence electrons. The van der Waals surface area contributed by atoms with Gasteiger partial charge in [-0.3, -0.25) is 9.69 Å². The van der Waals surface area contributed by atoms with Crippen molar-refractivity contribution < 1.29 is 17.6 Å². The van der Waals surface area contributed by atoms with E-state index in [2.05, 4.69) is 19.2 Å². The summed E-state index contributed by atoms with van der Waals surface area (Å²) in [6.45, 7) is 5.64. The van der Waals surface area contributed by atoms with Gasteiger partial charge >= 0.3 is 0 Å². The van der Waals surface area contributed by atoms with Crippen LogP contribution in [-0.2, 0) is 14.8 Å². The predicted molar refractivity (Wildman–Crippen MR) is 112 cm³/mol. The van der Waals surface area contributed by atoms with Crippen molar-refractivity contribution in [2.75, 3.05) is 32.7 Å². The van der Waals surface area contributed by atoms with Crippen LogP contribution in [0.25, 0.3) is 0 Å². The van der Waals surface area contributed by atoms with Gasteiger partial charge in [-0.2, -0.15) is 4.31 Å². The van der Waals surface area contributed by atoms with E-state index in [1.165, 1.54) is 22.5 Å². The second-order valence-corrected chi connectivity index (χ2v) is 10.3. The zero-order valence-corrected chi connectivity index (χ0v) is 18.2. The Balaban J connectivity index is 1.56. The first-order chi connectivity index (χ1) is 13.8. The lowest BCUT2D eigenvalue weighted by Gasteiger charge is -2.34. The minimum absolute atomic E-state index is 0.0368. The maximum absolute atomic E-state index is 13.9. The molecular formula is C20H26FN3O3S2. The van der Waals surface area contributed by atoms with E-state index < -0.39 is 15.8 Å². The van der Waals surface area contributed by atoms with Crippen LogP contribution in [0.2, 0.25) is 0 Å². The van der Waals surface area contributed by atoms with Gasteiger partial charge in [-0.1, -0.05) is 32.0 Å². The zero-order valence-electron chi connectivity index (χ0n) is 16.5. The van der Waals surface area contributed by atoms with Crippen LogP contribution < -0.4 is 5.32 Å². The molecule has 9 heteroatoms. The molecule has 0 radical (unpaired) electrons. The highest BCUT2D eigenvalue weighted by molar-refractivity contribution is 7.89. The molecule has 1 aliphatic heterocycles. The lowest BCUT2D eigenvalue weighted by Crippen LogP contribution is -2.51. The van der Waals surface area contributed by atoms with Crippen LogP contribution in [-0.4, -0.2) is 56.3 Å². The highest BCUT2D eigenvalue weighted by Gasteiger charge is 2.31. The molecule has 6 nitrogen and oxygen atoms in total. The van der Waals surface area contributed by atoms with Gasteiger partial charge in [-0.15, -0.1) is 11.3 Å². The van der Waals surface area contributed by atoms with Gasteiger partial charge in [0.2, 0.25) is 15.9 Å². The van der Waals surface area contributed by atoms with E-state index in [4.69, 9.17) is 0 Å². The second kappa shape index (κ2) is 9.34.